The van der Waals surface area contributed by atoms with Crippen LogP contribution in [0.1, 0.15) is 70.3 Å². The van der Waals surface area contributed by atoms with Gasteiger partial charge in [-0.3, -0.25) is 9.59 Å². The van der Waals surface area contributed by atoms with Crippen molar-refractivity contribution in [3.8, 4) is 0 Å². The van der Waals surface area contributed by atoms with Crippen molar-refractivity contribution in [3.63, 3.8) is 0 Å². The summed E-state index contributed by atoms with van der Waals surface area (Å²) in [6, 6.07) is 9.23. The molecule has 1 fully saturated rings. The second-order valence-corrected chi connectivity index (χ2v) is 7.83. The van der Waals surface area contributed by atoms with E-state index in [2.05, 4.69) is 6.92 Å². The molecule has 1 N–H and O–H groups in total. The van der Waals surface area contributed by atoms with Crippen molar-refractivity contribution >= 4 is 18.0 Å². The van der Waals surface area contributed by atoms with Crippen LogP contribution >= 0.6 is 0 Å². The average molecular weight is 404 g/mol. The molecule has 160 valence electrons. The zero-order valence-electron chi connectivity index (χ0n) is 17.3. The number of hydrogen-bond acceptors (Lipinski definition) is 4. The van der Waals surface area contributed by atoms with Crippen molar-refractivity contribution in [1.29, 1.82) is 0 Å². The van der Waals surface area contributed by atoms with Crippen LogP contribution in [0.2, 0.25) is 0 Å². The monoisotopic (exact) mass is 403 g/mol. The van der Waals surface area contributed by atoms with E-state index >= 15 is 0 Å². The van der Waals surface area contributed by atoms with Gasteiger partial charge in [0.25, 0.3) is 0 Å². The van der Waals surface area contributed by atoms with Gasteiger partial charge in [0.05, 0.1) is 12.5 Å². The largest absolute Gasteiger partial charge is 0.481 e. The Hall–Kier alpha value is -2.37. The van der Waals surface area contributed by atoms with E-state index in [-0.39, 0.29) is 19.1 Å². The van der Waals surface area contributed by atoms with Crippen LogP contribution in [0, 0.1) is 5.92 Å². The number of amides is 2. The lowest BCUT2D eigenvalue weighted by Gasteiger charge is -2.24. The molecule has 29 heavy (non-hydrogen) atoms. The minimum atomic E-state index is -1.02. The number of rotatable bonds is 13. The predicted molar refractivity (Wildman–Crippen MR) is 110 cm³/mol. The van der Waals surface area contributed by atoms with Crippen LogP contribution in [0.4, 0.5) is 4.79 Å². The smallest absolute Gasteiger partial charge is 0.416 e. The third kappa shape index (κ3) is 7.52. The number of carboxylic acid groups (broad SMARTS) is 1. The molecule has 0 aromatic heterocycles. The Morgan fingerprint density at radius 1 is 1.10 bits per heavy atom. The highest BCUT2D eigenvalue weighted by atomic mass is 16.6. The highest BCUT2D eigenvalue weighted by molar-refractivity contribution is 5.96. The highest BCUT2D eigenvalue weighted by Crippen LogP contribution is 2.24. The lowest BCUT2D eigenvalue weighted by atomic mass is 9.94. The Labute approximate surface area is 173 Å². The molecule has 1 aromatic rings. The van der Waals surface area contributed by atoms with Gasteiger partial charge in [-0.25, -0.2) is 9.69 Å². The molecule has 0 aliphatic carbocycles. The first-order chi connectivity index (χ1) is 14.0. The third-order valence-electron chi connectivity index (χ3n) is 5.44. The summed E-state index contributed by atoms with van der Waals surface area (Å²) in [5.74, 6) is -2.12. The van der Waals surface area contributed by atoms with Crippen molar-refractivity contribution in [2.45, 2.75) is 77.2 Å². The zero-order chi connectivity index (χ0) is 21.1. The van der Waals surface area contributed by atoms with Crippen molar-refractivity contribution < 1.29 is 24.2 Å². The fraction of sp³-hybridized carbons (Fsp3) is 0.609. The molecule has 0 bridgehead atoms. The summed E-state index contributed by atoms with van der Waals surface area (Å²) in [6.45, 7) is 2.33. The van der Waals surface area contributed by atoms with E-state index in [1.54, 1.807) is 0 Å². The highest BCUT2D eigenvalue weighted by Gasteiger charge is 2.41. The first kappa shape index (κ1) is 22.9. The lowest BCUT2D eigenvalue weighted by Crippen LogP contribution is -2.44. The molecule has 1 aliphatic heterocycles. The van der Waals surface area contributed by atoms with E-state index in [4.69, 9.17) is 4.74 Å². The topological polar surface area (TPSA) is 83.9 Å². The van der Waals surface area contributed by atoms with E-state index in [9.17, 15) is 19.5 Å². The number of imide groups is 1. The molecule has 1 aromatic carbocycles. The van der Waals surface area contributed by atoms with Crippen LogP contribution < -0.4 is 0 Å². The van der Waals surface area contributed by atoms with Gasteiger partial charge in [-0.1, -0.05) is 82.2 Å². The number of nitrogens with zero attached hydrogens (tertiary/aromatic N) is 1. The maximum Gasteiger partial charge on any atom is 0.416 e. The Morgan fingerprint density at radius 2 is 1.76 bits per heavy atom. The maximum absolute atomic E-state index is 13.1. The standard InChI is InChI=1S/C23H33NO5/c1-2-3-4-5-6-7-11-14-19(16-21(25)26)22(27)24-20(17-29-23(24)28)15-18-12-9-8-10-13-18/h8-10,12-13,19-20H,2-7,11,14-17H2,1H3,(H,25,26)/t19?,20-/m1/s1. The first-order valence-electron chi connectivity index (χ1n) is 10.8. The third-order valence-corrected chi connectivity index (χ3v) is 5.44. The van der Waals surface area contributed by atoms with Gasteiger partial charge in [-0.15, -0.1) is 0 Å². The molecule has 6 heteroatoms. The Balaban J connectivity index is 1.94. The summed E-state index contributed by atoms with van der Waals surface area (Å²) in [5.41, 5.74) is 1.01. The molecule has 0 radical (unpaired) electrons. The Bertz CT molecular complexity index is 660. The van der Waals surface area contributed by atoms with Gasteiger partial charge < -0.3 is 9.84 Å². The van der Waals surface area contributed by atoms with Crippen LogP contribution in [-0.4, -0.2) is 40.6 Å². The fourth-order valence-corrected chi connectivity index (χ4v) is 3.84. The molecule has 2 amide bonds. The van der Waals surface area contributed by atoms with E-state index in [0.717, 1.165) is 29.7 Å². The van der Waals surface area contributed by atoms with Gasteiger partial charge in [-0.05, 0) is 18.4 Å². The summed E-state index contributed by atoms with van der Waals surface area (Å²) in [6.07, 6.45) is 7.77. The van der Waals surface area contributed by atoms with Crippen LogP contribution in [-0.2, 0) is 20.7 Å². The average Bonchev–Trinajstić information content (AvgIpc) is 3.06. The predicted octanol–water partition coefficient (Wildman–Crippen LogP) is 4.81. The number of carbonyl (C=O) groups is 3. The molecule has 1 unspecified atom stereocenters. The lowest BCUT2D eigenvalue weighted by molar-refractivity contribution is -0.144. The molecule has 0 spiro atoms. The fourth-order valence-electron chi connectivity index (χ4n) is 3.84. The maximum atomic E-state index is 13.1. The number of benzene rings is 1. The summed E-state index contributed by atoms with van der Waals surface area (Å²) >= 11 is 0. The molecule has 1 aliphatic rings. The van der Waals surface area contributed by atoms with E-state index in [0.29, 0.717) is 12.8 Å². The number of carboxylic acids is 1. The van der Waals surface area contributed by atoms with Gasteiger partial charge in [0.2, 0.25) is 5.91 Å². The Kier molecular flexibility index (Phi) is 9.68. The van der Waals surface area contributed by atoms with Crippen LogP contribution in [0.15, 0.2) is 30.3 Å². The Morgan fingerprint density at radius 3 is 2.41 bits per heavy atom. The van der Waals surface area contributed by atoms with Crippen LogP contribution in [0.3, 0.4) is 0 Å². The molecule has 6 nitrogen and oxygen atoms in total. The van der Waals surface area contributed by atoms with Crippen molar-refractivity contribution in [2.24, 2.45) is 5.92 Å². The molecule has 1 saturated heterocycles. The second kappa shape index (κ2) is 12.2. The number of carbonyl (C=O) groups excluding carboxylic acids is 2. The molecule has 2 rings (SSSR count). The van der Waals surface area contributed by atoms with E-state index in [1.165, 1.54) is 25.7 Å². The van der Waals surface area contributed by atoms with Gasteiger partial charge in [0.15, 0.2) is 0 Å². The molecular formula is C23H33NO5. The minimum absolute atomic E-state index is 0.149. The van der Waals surface area contributed by atoms with Crippen molar-refractivity contribution in [1.82, 2.24) is 4.90 Å². The number of cyclic esters (lactones) is 1. The summed E-state index contributed by atoms with van der Waals surface area (Å²) in [4.78, 5) is 37.7. The SMILES string of the molecule is CCCCCCCCCC(CC(=O)O)C(=O)N1C(=O)OC[C@H]1Cc1ccccc1. The molecule has 2 atom stereocenters. The summed E-state index contributed by atoms with van der Waals surface area (Å²) in [5, 5.41) is 9.26. The van der Waals surface area contributed by atoms with Crippen LogP contribution in [0.25, 0.3) is 0 Å². The molecular weight excluding hydrogens is 370 g/mol. The van der Waals surface area contributed by atoms with Gasteiger partial charge in [-0.2, -0.15) is 0 Å². The number of hydrogen-bond donors (Lipinski definition) is 1. The van der Waals surface area contributed by atoms with Crippen molar-refractivity contribution in [2.75, 3.05) is 6.61 Å². The number of aliphatic carboxylic acids is 1. The summed E-state index contributed by atoms with van der Waals surface area (Å²) in [7, 11) is 0. The second-order valence-electron chi connectivity index (χ2n) is 7.83. The molecule has 1 heterocycles. The normalized spacial score (nSPS) is 17.2. The number of ether oxygens (including phenoxy) is 1. The zero-order valence-corrected chi connectivity index (χ0v) is 17.3. The van der Waals surface area contributed by atoms with E-state index < -0.39 is 23.9 Å². The minimum Gasteiger partial charge on any atom is -0.481 e. The van der Waals surface area contributed by atoms with Crippen LogP contribution in [0.5, 0.6) is 0 Å². The molecule has 0 saturated carbocycles. The number of unbranched alkanes of at least 4 members (excludes halogenated alkanes) is 6. The van der Waals surface area contributed by atoms with Crippen molar-refractivity contribution in [3.05, 3.63) is 35.9 Å². The first-order valence-corrected chi connectivity index (χ1v) is 10.8. The van der Waals surface area contributed by atoms with Gasteiger partial charge >= 0.3 is 12.1 Å². The summed E-state index contributed by atoms with van der Waals surface area (Å²) < 4.78 is 5.13. The van der Waals surface area contributed by atoms with Gasteiger partial charge in [0.1, 0.15) is 6.61 Å². The quantitative estimate of drug-likeness (QED) is 0.478. The van der Waals surface area contributed by atoms with E-state index in [1.807, 2.05) is 30.3 Å². The van der Waals surface area contributed by atoms with Gasteiger partial charge in [0, 0.05) is 5.92 Å².